The molecule has 4 rings (SSSR count). The molecule has 0 radical (unpaired) electrons. The minimum Gasteiger partial charge on any atom is -0.489 e. The van der Waals surface area contributed by atoms with Crippen LogP contribution in [0.5, 0.6) is 5.75 Å². The fraction of sp³-hybridized carbons (Fsp3) is 0.0526. The maximum absolute atomic E-state index is 12.9. The van der Waals surface area contributed by atoms with Gasteiger partial charge in [-0.15, -0.1) is 11.3 Å². The number of benzene rings is 2. The summed E-state index contributed by atoms with van der Waals surface area (Å²) >= 11 is 1.57. The van der Waals surface area contributed by atoms with Gasteiger partial charge in [-0.3, -0.25) is 0 Å². The highest BCUT2D eigenvalue weighted by molar-refractivity contribution is 7.13. The first-order chi connectivity index (χ1) is 12.3. The van der Waals surface area contributed by atoms with Crippen molar-refractivity contribution in [2.45, 2.75) is 6.61 Å². The Balaban J connectivity index is 1.44. The zero-order valence-electron chi connectivity index (χ0n) is 13.1. The number of ether oxygens (including phenoxy) is 1. The van der Waals surface area contributed by atoms with E-state index in [1.165, 1.54) is 12.1 Å². The first-order valence-corrected chi connectivity index (χ1v) is 8.51. The standard InChI is InChI=1S/C19H13FN2O2S/c20-15-7-9-16(10-8-15)23-12-13-3-5-14(6-4-13)19-21-18(22-24-19)17-2-1-11-25-17/h1-11H,12H2. The largest absolute Gasteiger partial charge is 0.489 e. The van der Waals surface area contributed by atoms with Crippen molar-refractivity contribution in [1.82, 2.24) is 10.1 Å². The lowest BCUT2D eigenvalue weighted by Gasteiger charge is -2.06. The summed E-state index contributed by atoms with van der Waals surface area (Å²) in [5.41, 5.74) is 1.84. The molecule has 0 atom stereocenters. The van der Waals surface area contributed by atoms with Crippen molar-refractivity contribution < 1.29 is 13.7 Å². The molecular formula is C19H13FN2O2S. The average Bonchev–Trinajstić information content (AvgIpc) is 3.33. The minimum atomic E-state index is -0.279. The van der Waals surface area contributed by atoms with Gasteiger partial charge < -0.3 is 9.26 Å². The van der Waals surface area contributed by atoms with Crippen LogP contribution in [-0.2, 0) is 6.61 Å². The minimum absolute atomic E-state index is 0.279. The van der Waals surface area contributed by atoms with Crippen LogP contribution in [0.15, 0.2) is 70.6 Å². The maximum atomic E-state index is 12.9. The van der Waals surface area contributed by atoms with E-state index < -0.39 is 0 Å². The molecule has 0 fully saturated rings. The van der Waals surface area contributed by atoms with E-state index in [0.29, 0.717) is 24.1 Å². The highest BCUT2D eigenvalue weighted by Gasteiger charge is 2.11. The Morgan fingerprint density at radius 1 is 1.00 bits per heavy atom. The van der Waals surface area contributed by atoms with Gasteiger partial charge in [-0.2, -0.15) is 4.98 Å². The third-order valence-electron chi connectivity index (χ3n) is 3.59. The highest BCUT2D eigenvalue weighted by atomic mass is 32.1. The van der Waals surface area contributed by atoms with E-state index in [2.05, 4.69) is 10.1 Å². The molecule has 0 aliphatic heterocycles. The van der Waals surface area contributed by atoms with Crippen molar-refractivity contribution >= 4 is 11.3 Å². The van der Waals surface area contributed by atoms with Crippen LogP contribution in [0.2, 0.25) is 0 Å². The van der Waals surface area contributed by atoms with Gasteiger partial charge in [0.25, 0.3) is 5.89 Å². The molecule has 25 heavy (non-hydrogen) atoms. The molecule has 2 aromatic carbocycles. The summed E-state index contributed by atoms with van der Waals surface area (Å²) in [5, 5.41) is 5.98. The van der Waals surface area contributed by atoms with Crippen LogP contribution in [0.3, 0.4) is 0 Å². The van der Waals surface area contributed by atoms with Crippen molar-refractivity contribution in [1.29, 1.82) is 0 Å². The molecule has 0 N–H and O–H groups in total. The molecule has 6 heteroatoms. The molecule has 0 aliphatic rings. The van der Waals surface area contributed by atoms with Crippen LogP contribution in [0.4, 0.5) is 4.39 Å². The maximum Gasteiger partial charge on any atom is 0.258 e. The van der Waals surface area contributed by atoms with E-state index >= 15 is 0 Å². The summed E-state index contributed by atoms with van der Waals surface area (Å²) in [6.45, 7) is 0.399. The summed E-state index contributed by atoms with van der Waals surface area (Å²) in [5.74, 6) is 1.42. The van der Waals surface area contributed by atoms with E-state index in [1.54, 1.807) is 23.5 Å². The van der Waals surface area contributed by atoms with Crippen LogP contribution in [0.25, 0.3) is 22.2 Å². The molecule has 0 aliphatic carbocycles. The van der Waals surface area contributed by atoms with Crippen LogP contribution in [-0.4, -0.2) is 10.1 Å². The van der Waals surface area contributed by atoms with E-state index in [-0.39, 0.29) is 5.82 Å². The molecule has 0 spiro atoms. The molecule has 0 amide bonds. The number of hydrogen-bond donors (Lipinski definition) is 0. The topological polar surface area (TPSA) is 48.2 Å². The third kappa shape index (κ3) is 3.59. The molecule has 0 saturated heterocycles. The van der Waals surface area contributed by atoms with E-state index in [4.69, 9.17) is 9.26 Å². The van der Waals surface area contributed by atoms with Crippen LogP contribution >= 0.6 is 11.3 Å². The number of halogens is 1. The van der Waals surface area contributed by atoms with Crippen molar-refractivity contribution in [3.05, 3.63) is 77.4 Å². The van der Waals surface area contributed by atoms with Crippen LogP contribution in [0, 0.1) is 5.82 Å². The molecule has 0 saturated carbocycles. The summed E-state index contributed by atoms with van der Waals surface area (Å²) < 4.78 is 23.8. The molecule has 2 aromatic heterocycles. The van der Waals surface area contributed by atoms with Crippen molar-refractivity contribution in [2.75, 3.05) is 0 Å². The Morgan fingerprint density at radius 2 is 1.80 bits per heavy atom. The second-order valence-electron chi connectivity index (χ2n) is 5.34. The predicted molar refractivity (Wildman–Crippen MR) is 93.8 cm³/mol. The smallest absolute Gasteiger partial charge is 0.258 e. The lowest BCUT2D eigenvalue weighted by atomic mass is 10.1. The second-order valence-corrected chi connectivity index (χ2v) is 6.29. The number of aromatic nitrogens is 2. The molecule has 4 nitrogen and oxygen atoms in total. The Bertz CT molecular complexity index is 948. The predicted octanol–water partition coefficient (Wildman–Crippen LogP) is 5.18. The van der Waals surface area contributed by atoms with Crippen molar-refractivity contribution in [3.63, 3.8) is 0 Å². The second kappa shape index (κ2) is 6.86. The third-order valence-corrected chi connectivity index (χ3v) is 4.45. The van der Waals surface area contributed by atoms with Crippen LogP contribution in [0.1, 0.15) is 5.56 Å². The van der Waals surface area contributed by atoms with Gasteiger partial charge in [-0.05, 0) is 53.4 Å². The number of hydrogen-bond acceptors (Lipinski definition) is 5. The quantitative estimate of drug-likeness (QED) is 0.496. The van der Waals surface area contributed by atoms with Gasteiger partial charge in [0.1, 0.15) is 18.2 Å². The lowest BCUT2D eigenvalue weighted by Crippen LogP contribution is -1.95. The Labute approximate surface area is 147 Å². The van der Waals surface area contributed by atoms with E-state index in [1.807, 2.05) is 41.8 Å². The Morgan fingerprint density at radius 3 is 2.52 bits per heavy atom. The van der Waals surface area contributed by atoms with Gasteiger partial charge in [0.15, 0.2) is 0 Å². The zero-order chi connectivity index (χ0) is 17.1. The first-order valence-electron chi connectivity index (χ1n) is 7.63. The van der Waals surface area contributed by atoms with E-state index in [0.717, 1.165) is 16.0 Å². The zero-order valence-corrected chi connectivity index (χ0v) is 13.9. The van der Waals surface area contributed by atoms with E-state index in [9.17, 15) is 4.39 Å². The molecule has 0 bridgehead atoms. The van der Waals surface area contributed by atoms with Gasteiger partial charge in [0.05, 0.1) is 4.88 Å². The lowest BCUT2D eigenvalue weighted by molar-refractivity contribution is 0.306. The number of rotatable bonds is 5. The Hall–Kier alpha value is -2.99. The number of thiophene rings is 1. The normalized spacial score (nSPS) is 10.8. The van der Waals surface area contributed by atoms with Gasteiger partial charge in [-0.1, -0.05) is 23.4 Å². The average molecular weight is 352 g/mol. The van der Waals surface area contributed by atoms with Gasteiger partial charge in [0, 0.05) is 5.56 Å². The number of nitrogens with zero attached hydrogens (tertiary/aromatic N) is 2. The summed E-state index contributed by atoms with van der Waals surface area (Å²) in [6, 6.07) is 17.6. The fourth-order valence-corrected chi connectivity index (χ4v) is 2.94. The fourth-order valence-electron chi connectivity index (χ4n) is 2.29. The van der Waals surface area contributed by atoms with Gasteiger partial charge in [-0.25, -0.2) is 4.39 Å². The summed E-state index contributed by atoms with van der Waals surface area (Å²) in [7, 11) is 0. The molecule has 2 heterocycles. The SMILES string of the molecule is Fc1ccc(OCc2ccc(-c3nc(-c4cccs4)no3)cc2)cc1. The van der Waals surface area contributed by atoms with Crippen LogP contribution < -0.4 is 4.74 Å². The van der Waals surface area contributed by atoms with Gasteiger partial charge in [0.2, 0.25) is 5.82 Å². The first kappa shape index (κ1) is 15.5. The highest BCUT2D eigenvalue weighted by Crippen LogP contribution is 2.25. The van der Waals surface area contributed by atoms with Crippen molar-refractivity contribution in [3.8, 4) is 27.9 Å². The molecular weight excluding hydrogens is 339 g/mol. The van der Waals surface area contributed by atoms with Crippen molar-refractivity contribution in [2.24, 2.45) is 0 Å². The molecule has 0 unspecified atom stereocenters. The molecule has 4 aromatic rings. The van der Waals surface area contributed by atoms with Gasteiger partial charge >= 0.3 is 0 Å². The summed E-state index contributed by atoms with van der Waals surface area (Å²) in [4.78, 5) is 5.39. The molecule has 124 valence electrons. The summed E-state index contributed by atoms with van der Waals surface area (Å²) in [6.07, 6.45) is 0. The monoisotopic (exact) mass is 352 g/mol. The Kier molecular flexibility index (Phi) is 4.26.